The minimum atomic E-state index is -0.763. The fraction of sp³-hybridized carbons (Fsp3) is 0.867. The molecule has 148 valence electrons. The topological polar surface area (TPSA) is 103 Å². The first-order valence-electron chi connectivity index (χ1n) is 7.62. The first kappa shape index (κ1) is 22.1. The highest BCUT2D eigenvalue weighted by molar-refractivity contribution is 5.09. The maximum absolute atomic E-state index is 9.53. The Morgan fingerprint density at radius 2 is 1.40 bits per heavy atom. The Labute approximate surface area is 147 Å². The molecule has 1 saturated heterocycles. The van der Waals surface area contributed by atoms with E-state index in [2.05, 4.69) is 0 Å². The quantitative estimate of drug-likeness (QED) is 0.279. The van der Waals surface area contributed by atoms with E-state index in [4.69, 9.17) is 42.6 Å². The lowest BCUT2D eigenvalue weighted by Crippen LogP contribution is -2.57. The monoisotopic (exact) mass is 368 g/mol. The molecule has 0 aromatic heterocycles. The van der Waals surface area contributed by atoms with Gasteiger partial charge in [0.1, 0.15) is 51.7 Å². The summed E-state index contributed by atoms with van der Waals surface area (Å²) < 4.78 is 47.9. The van der Waals surface area contributed by atoms with E-state index in [1.54, 1.807) is 0 Å². The second-order valence-corrected chi connectivity index (χ2v) is 5.03. The van der Waals surface area contributed by atoms with Crippen molar-refractivity contribution in [2.24, 2.45) is 0 Å². The zero-order valence-electron chi connectivity index (χ0n) is 15.0. The van der Waals surface area contributed by atoms with Gasteiger partial charge in [-0.15, -0.1) is 0 Å². The van der Waals surface area contributed by atoms with Crippen molar-refractivity contribution in [1.82, 2.24) is 0 Å². The zero-order chi connectivity index (χ0) is 18.5. The Hall–Kier alpha value is -0.980. The predicted octanol–water partition coefficient (Wildman–Crippen LogP) is 0.372. The third-order valence-electron chi connectivity index (χ3n) is 3.29. The lowest BCUT2D eigenvalue weighted by Gasteiger charge is -2.42. The molecule has 4 atom stereocenters. The van der Waals surface area contributed by atoms with Crippen LogP contribution in [0.25, 0.3) is 0 Å². The molecule has 1 fully saturated rings. The summed E-state index contributed by atoms with van der Waals surface area (Å²) in [5.74, 6) is 0.168. The third kappa shape index (κ3) is 7.04. The van der Waals surface area contributed by atoms with Crippen LogP contribution in [0.2, 0.25) is 0 Å². The molecular weight excluding hydrogens is 340 g/mol. The Bertz CT molecular complexity index is 364. The van der Waals surface area contributed by atoms with Crippen molar-refractivity contribution in [3.63, 3.8) is 0 Å². The highest BCUT2D eigenvalue weighted by atomic mass is 16.7. The first-order chi connectivity index (χ1) is 12.2. The molecule has 0 aromatic rings. The molecule has 1 aliphatic heterocycles. The highest BCUT2D eigenvalue weighted by Crippen LogP contribution is 2.30. The normalized spacial score (nSPS) is 28.2. The van der Waals surface area contributed by atoms with Crippen molar-refractivity contribution < 1.29 is 47.7 Å². The molecule has 0 aliphatic carbocycles. The average Bonchev–Trinajstić information content (AvgIpc) is 2.63. The van der Waals surface area contributed by atoms with Crippen LogP contribution in [0.15, 0.2) is 12.0 Å². The van der Waals surface area contributed by atoms with E-state index >= 15 is 0 Å². The van der Waals surface area contributed by atoms with E-state index in [-0.39, 0.29) is 39.5 Å². The second-order valence-electron chi connectivity index (χ2n) is 5.03. The summed E-state index contributed by atoms with van der Waals surface area (Å²) in [6.07, 6.45) is -1.81. The number of aliphatic hydroxyl groups is 1. The fourth-order valence-corrected chi connectivity index (χ4v) is 2.33. The number of ether oxygens (including phenoxy) is 9. The number of hydrogen-bond donors (Lipinski definition) is 1. The molecular formula is C15H28O10. The van der Waals surface area contributed by atoms with Gasteiger partial charge >= 0.3 is 0 Å². The Morgan fingerprint density at radius 1 is 0.840 bits per heavy atom. The molecule has 0 unspecified atom stereocenters. The van der Waals surface area contributed by atoms with Crippen LogP contribution in [0.3, 0.4) is 0 Å². The molecule has 25 heavy (non-hydrogen) atoms. The summed E-state index contributed by atoms with van der Waals surface area (Å²) in [6.45, 7) is 0.206. The Morgan fingerprint density at radius 3 is 1.96 bits per heavy atom. The SMILES string of the molecule is COCOC[C@H]1OC(=CO)[C@H](OCOC)[C@@H](OCOC)[C@@H]1OCOC. The molecule has 0 amide bonds. The fourth-order valence-electron chi connectivity index (χ4n) is 2.33. The minimum absolute atomic E-state index is 0.00525. The molecule has 1 aliphatic rings. The van der Waals surface area contributed by atoms with Gasteiger partial charge in [0.2, 0.25) is 0 Å². The number of hydrogen-bond acceptors (Lipinski definition) is 10. The first-order valence-corrected chi connectivity index (χ1v) is 7.62. The van der Waals surface area contributed by atoms with Gasteiger partial charge in [0.25, 0.3) is 0 Å². The molecule has 10 nitrogen and oxygen atoms in total. The maximum atomic E-state index is 9.53. The van der Waals surface area contributed by atoms with Gasteiger partial charge in [-0.25, -0.2) is 0 Å². The average molecular weight is 368 g/mol. The van der Waals surface area contributed by atoms with E-state index in [0.29, 0.717) is 0 Å². The smallest absolute Gasteiger partial charge is 0.162 e. The summed E-state index contributed by atoms with van der Waals surface area (Å²) in [5.41, 5.74) is 0. The van der Waals surface area contributed by atoms with Gasteiger partial charge in [0.05, 0.1) is 6.61 Å². The summed E-state index contributed by atoms with van der Waals surface area (Å²) in [7, 11) is 6.00. The van der Waals surface area contributed by atoms with Crippen LogP contribution in [0.4, 0.5) is 0 Å². The molecule has 0 bridgehead atoms. The standard InChI is InChI=1S/C15H28O10/c1-17-7-21-6-12-14(23-9-19-3)15(24-10-20-4)13(22-8-18-2)11(5-16)25-12/h5,12-16H,6-10H2,1-4H3/t12-,13+,14-,15-/m1/s1. The number of methoxy groups -OCH3 is 4. The van der Waals surface area contributed by atoms with Crippen LogP contribution in [-0.4, -0.2) is 91.7 Å². The van der Waals surface area contributed by atoms with Crippen molar-refractivity contribution in [3.05, 3.63) is 12.0 Å². The molecule has 0 radical (unpaired) electrons. The van der Waals surface area contributed by atoms with Crippen LogP contribution >= 0.6 is 0 Å². The van der Waals surface area contributed by atoms with Crippen LogP contribution in [-0.2, 0) is 42.6 Å². The van der Waals surface area contributed by atoms with Crippen molar-refractivity contribution in [2.45, 2.75) is 24.4 Å². The number of aliphatic hydroxyl groups excluding tert-OH is 1. The van der Waals surface area contributed by atoms with E-state index in [0.717, 1.165) is 6.26 Å². The van der Waals surface area contributed by atoms with Crippen molar-refractivity contribution in [2.75, 3.05) is 62.2 Å². The molecule has 10 heteroatoms. The molecule has 1 rings (SSSR count). The van der Waals surface area contributed by atoms with Gasteiger partial charge in [0.15, 0.2) is 11.9 Å². The molecule has 1 heterocycles. The van der Waals surface area contributed by atoms with Gasteiger partial charge in [-0.05, 0) is 0 Å². The largest absolute Gasteiger partial charge is 0.512 e. The maximum Gasteiger partial charge on any atom is 0.162 e. The van der Waals surface area contributed by atoms with Gasteiger partial charge in [-0.3, -0.25) is 0 Å². The van der Waals surface area contributed by atoms with E-state index in [1.807, 2.05) is 0 Å². The van der Waals surface area contributed by atoms with Crippen LogP contribution < -0.4 is 0 Å². The van der Waals surface area contributed by atoms with E-state index in [9.17, 15) is 5.11 Å². The Balaban J connectivity index is 2.97. The second kappa shape index (κ2) is 13.3. The van der Waals surface area contributed by atoms with Gasteiger partial charge in [-0.1, -0.05) is 0 Å². The van der Waals surface area contributed by atoms with Gasteiger partial charge in [0, 0.05) is 28.4 Å². The molecule has 1 N–H and O–H groups in total. The summed E-state index contributed by atoms with van der Waals surface area (Å²) in [5, 5.41) is 9.53. The zero-order valence-corrected chi connectivity index (χ0v) is 15.0. The van der Waals surface area contributed by atoms with Crippen LogP contribution in [0, 0.1) is 0 Å². The highest BCUT2D eigenvalue weighted by Gasteiger charge is 2.47. The summed E-state index contributed by atoms with van der Waals surface area (Å²) in [6, 6.07) is 0. The molecule has 0 spiro atoms. The number of rotatable bonds is 13. The molecule has 0 saturated carbocycles. The summed E-state index contributed by atoms with van der Waals surface area (Å²) >= 11 is 0. The Kier molecular flexibility index (Phi) is 11.7. The predicted molar refractivity (Wildman–Crippen MR) is 83.7 cm³/mol. The molecule has 0 aromatic carbocycles. The third-order valence-corrected chi connectivity index (χ3v) is 3.29. The lowest BCUT2D eigenvalue weighted by atomic mass is 9.97. The van der Waals surface area contributed by atoms with Gasteiger partial charge in [-0.2, -0.15) is 0 Å². The van der Waals surface area contributed by atoms with Crippen LogP contribution in [0.5, 0.6) is 0 Å². The lowest BCUT2D eigenvalue weighted by molar-refractivity contribution is -0.259. The van der Waals surface area contributed by atoms with Crippen LogP contribution in [0.1, 0.15) is 0 Å². The van der Waals surface area contributed by atoms with Crippen molar-refractivity contribution in [3.8, 4) is 0 Å². The van der Waals surface area contributed by atoms with E-state index < -0.39 is 24.4 Å². The van der Waals surface area contributed by atoms with Crippen molar-refractivity contribution >= 4 is 0 Å². The minimum Gasteiger partial charge on any atom is -0.512 e. The van der Waals surface area contributed by atoms with E-state index in [1.165, 1.54) is 28.4 Å². The van der Waals surface area contributed by atoms with Gasteiger partial charge < -0.3 is 47.7 Å². The van der Waals surface area contributed by atoms with Crippen molar-refractivity contribution in [1.29, 1.82) is 0 Å². The summed E-state index contributed by atoms with van der Waals surface area (Å²) in [4.78, 5) is 0.